The van der Waals surface area contributed by atoms with Crippen molar-refractivity contribution >= 4 is 11.6 Å². The van der Waals surface area contributed by atoms with Crippen molar-refractivity contribution in [3.8, 4) is 0 Å². The lowest BCUT2D eigenvalue weighted by atomic mass is 10.0. The number of benzene rings is 1. The average molecular weight is 299 g/mol. The molecule has 0 aliphatic carbocycles. The van der Waals surface area contributed by atoms with Crippen molar-refractivity contribution in [3.63, 3.8) is 0 Å². The summed E-state index contributed by atoms with van der Waals surface area (Å²) in [7, 11) is 0. The Bertz CT molecular complexity index is 450. The zero-order valence-electron chi connectivity index (χ0n) is 12.5. The van der Waals surface area contributed by atoms with Gasteiger partial charge in [0.05, 0.1) is 5.02 Å². The maximum Gasteiger partial charge on any atom is 0.146 e. The van der Waals surface area contributed by atoms with Gasteiger partial charge in [-0.2, -0.15) is 0 Å². The Balaban J connectivity index is 2.14. The van der Waals surface area contributed by atoms with Crippen LogP contribution in [0.15, 0.2) is 18.2 Å². The van der Waals surface area contributed by atoms with Gasteiger partial charge in [0.2, 0.25) is 0 Å². The summed E-state index contributed by atoms with van der Waals surface area (Å²) in [5.41, 5.74) is 0.689. The molecule has 1 aromatic rings. The fourth-order valence-corrected chi connectivity index (χ4v) is 2.91. The Morgan fingerprint density at radius 1 is 1.45 bits per heavy atom. The molecule has 1 aliphatic rings. The van der Waals surface area contributed by atoms with Crippen LogP contribution in [0.4, 0.5) is 4.39 Å². The van der Waals surface area contributed by atoms with Crippen molar-refractivity contribution in [3.05, 3.63) is 34.6 Å². The molecular weight excluding hydrogens is 275 g/mol. The first-order chi connectivity index (χ1) is 9.49. The molecule has 0 spiro atoms. The molecule has 1 heterocycles. The van der Waals surface area contributed by atoms with Crippen LogP contribution in [-0.2, 0) is 6.54 Å². The first-order valence-corrected chi connectivity index (χ1v) is 7.77. The number of rotatable bonds is 3. The van der Waals surface area contributed by atoms with Crippen molar-refractivity contribution in [1.82, 2.24) is 10.2 Å². The van der Waals surface area contributed by atoms with Gasteiger partial charge in [-0.3, -0.25) is 4.90 Å². The Hall–Kier alpha value is -0.640. The highest BCUT2D eigenvalue weighted by Crippen LogP contribution is 2.22. The number of hydrogen-bond acceptors (Lipinski definition) is 2. The van der Waals surface area contributed by atoms with Crippen LogP contribution in [0.25, 0.3) is 0 Å². The summed E-state index contributed by atoms with van der Waals surface area (Å²) >= 11 is 5.87. The maximum atomic E-state index is 14.1. The van der Waals surface area contributed by atoms with Crippen LogP contribution in [0, 0.1) is 11.7 Å². The SMILES string of the molecule is CC(C)C1CN(Cc2cccc(Cl)c2F)C(C)CCN1. The predicted octanol–water partition coefficient (Wildman–Crippen LogP) is 3.69. The van der Waals surface area contributed by atoms with Crippen molar-refractivity contribution in [2.45, 2.75) is 45.8 Å². The molecule has 0 amide bonds. The van der Waals surface area contributed by atoms with Crippen molar-refractivity contribution in [1.29, 1.82) is 0 Å². The molecule has 2 nitrogen and oxygen atoms in total. The fourth-order valence-electron chi connectivity index (χ4n) is 2.71. The van der Waals surface area contributed by atoms with E-state index in [0.29, 0.717) is 30.1 Å². The van der Waals surface area contributed by atoms with Crippen LogP contribution in [0.1, 0.15) is 32.8 Å². The minimum atomic E-state index is -0.278. The molecule has 1 saturated heterocycles. The highest BCUT2D eigenvalue weighted by Gasteiger charge is 2.25. The van der Waals surface area contributed by atoms with Gasteiger partial charge in [0.25, 0.3) is 0 Å². The van der Waals surface area contributed by atoms with E-state index in [1.165, 1.54) is 0 Å². The third-order valence-corrected chi connectivity index (χ3v) is 4.52. The van der Waals surface area contributed by atoms with Gasteiger partial charge in [-0.25, -0.2) is 4.39 Å². The largest absolute Gasteiger partial charge is 0.312 e. The summed E-state index contributed by atoms with van der Waals surface area (Å²) in [6.07, 6.45) is 1.09. The van der Waals surface area contributed by atoms with E-state index in [9.17, 15) is 4.39 Å². The molecule has 2 unspecified atom stereocenters. The van der Waals surface area contributed by atoms with Crippen molar-refractivity contribution < 1.29 is 4.39 Å². The monoisotopic (exact) mass is 298 g/mol. The van der Waals surface area contributed by atoms with Gasteiger partial charge in [-0.1, -0.05) is 37.6 Å². The molecule has 4 heteroatoms. The maximum absolute atomic E-state index is 14.1. The number of hydrogen-bond donors (Lipinski definition) is 1. The number of nitrogens with one attached hydrogen (secondary N) is 1. The van der Waals surface area contributed by atoms with Gasteiger partial charge in [0.1, 0.15) is 5.82 Å². The molecule has 0 aromatic heterocycles. The number of nitrogens with zero attached hydrogens (tertiary/aromatic N) is 1. The lowest BCUT2D eigenvalue weighted by molar-refractivity contribution is 0.182. The Morgan fingerprint density at radius 2 is 2.20 bits per heavy atom. The van der Waals surface area contributed by atoms with Crippen LogP contribution in [-0.4, -0.2) is 30.1 Å². The minimum Gasteiger partial charge on any atom is -0.312 e. The van der Waals surface area contributed by atoms with Gasteiger partial charge in [-0.05, 0) is 31.9 Å². The molecule has 0 radical (unpaired) electrons. The zero-order chi connectivity index (χ0) is 14.7. The van der Waals surface area contributed by atoms with E-state index in [0.717, 1.165) is 19.5 Å². The quantitative estimate of drug-likeness (QED) is 0.915. The molecule has 112 valence electrons. The third kappa shape index (κ3) is 3.72. The second-order valence-corrected chi connectivity index (χ2v) is 6.49. The summed E-state index contributed by atoms with van der Waals surface area (Å²) in [6.45, 7) is 9.27. The normalized spacial score (nSPS) is 24.9. The lowest BCUT2D eigenvalue weighted by Gasteiger charge is -2.30. The molecule has 1 N–H and O–H groups in total. The molecule has 1 aromatic carbocycles. The fraction of sp³-hybridized carbons (Fsp3) is 0.625. The van der Waals surface area contributed by atoms with Gasteiger partial charge in [-0.15, -0.1) is 0 Å². The predicted molar refractivity (Wildman–Crippen MR) is 82.5 cm³/mol. The standard InChI is InChI=1S/C16H24ClFN2/c1-11(2)15-10-20(12(3)7-8-19-15)9-13-5-4-6-14(17)16(13)18/h4-6,11-12,15,19H,7-10H2,1-3H3. The summed E-state index contributed by atoms with van der Waals surface area (Å²) in [6, 6.07) is 6.16. The summed E-state index contributed by atoms with van der Waals surface area (Å²) in [5.74, 6) is 0.298. The molecule has 20 heavy (non-hydrogen) atoms. The van der Waals surface area contributed by atoms with E-state index in [-0.39, 0.29) is 10.8 Å². The van der Waals surface area contributed by atoms with Gasteiger partial charge in [0, 0.05) is 30.7 Å². The molecule has 0 bridgehead atoms. The molecular formula is C16H24ClFN2. The Labute approximate surface area is 126 Å². The van der Waals surface area contributed by atoms with Gasteiger partial charge in [0.15, 0.2) is 0 Å². The topological polar surface area (TPSA) is 15.3 Å². The van der Waals surface area contributed by atoms with E-state index < -0.39 is 0 Å². The minimum absolute atomic E-state index is 0.212. The Morgan fingerprint density at radius 3 is 2.90 bits per heavy atom. The second-order valence-electron chi connectivity index (χ2n) is 6.08. The van der Waals surface area contributed by atoms with E-state index >= 15 is 0 Å². The van der Waals surface area contributed by atoms with Crippen molar-refractivity contribution in [2.75, 3.05) is 13.1 Å². The molecule has 2 rings (SSSR count). The highest BCUT2D eigenvalue weighted by atomic mass is 35.5. The molecule has 1 aliphatic heterocycles. The van der Waals surface area contributed by atoms with E-state index in [1.807, 2.05) is 12.1 Å². The van der Waals surface area contributed by atoms with Crippen LogP contribution in [0.2, 0.25) is 5.02 Å². The van der Waals surface area contributed by atoms with Crippen LogP contribution in [0.5, 0.6) is 0 Å². The Kier molecular flexibility index (Phi) is 5.42. The zero-order valence-corrected chi connectivity index (χ0v) is 13.3. The number of halogens is 2. The van der Waals surface area contributed by atoms with Crippen LogP contribution < -0.4 is 5.32 Å². The van der Waals surface area contributed by atoms with E-state index in [4.69, 9.17) is 11.6 Å². The summed E-state index contributed by atoms with van der Waals surface area (Å²) in [4.78, 5) is 2.36. The van der Waals surface area contributed by atoms with Crippen LogP contribution >= 0.6 is 11.6 Å². The smallest absolute Gasteiger partial charge is 0.146 e. The van der Waals surface area contributed by atoms with Gasteiger partial charge < -0.3 is 5.32 Å². The first-order valence-electron chi connectivity index (χ1n) is 7.39. The van der Waals surface area contributed by atoms with Crippen molar-refractivity contribution in [2.24, 2.45) is 5.92 Å². The van der Waals surface area contributed by atoms with E-state index in [1.54, 1.807) is 6.07 Å². The third-order valence-electron chi connectivity index (χ3n) is 4.23. The molecule has 0 saturated carbocycles. The average Bonchev–Trinajstić information content (AvgIpc) is 2.58. The highest BCUT2D eigenvalue weighted by molar-refractivity contribution is 6.30. The van der Waals surface area contributed by atoms with E-state index in [2.05, 4.69) is 31.0 Å². The van der Waals surface area contributed by atoms with Crippen LogP contribution in [0.3, 0.4) is 0 Å². The first kappa shape index (κ1) is 15.7. The lowest BCUT2D eigenvalue weighted by Crippen LogP contribution is -2.42. The molecule has 2 atom stereocenters. The molecule has 1 fully saturated rings. The summed E-state index contributed by atoms with van der Waals surface area (Å²) < 4.78 is 14.1. The van der Waals surface area contributed by atoms with Gasteiger partial charge >= 0.3 is 0 Å². The summed E-state index contributed by atoms with van der Waals surface area (Å²) in [5, 5.41) is 3.80. The second kappa shape index (κ2) is 6.88.